The standard InChI is InChI=1S/C14H16ClNO3/c1-3-19-13(18)12-14(2,8-11(17)16-12)9-4-6-10(15)7-5-9/h4-7,12H,3,8H2,1-2H3,(H,16,17). The lowest BCUT2D eigenvalue weighted by molar-refractivity contribution is -0.147. The number of hydrogen-bond acceptors (Lipinski definition) is 3. The summed E-state index contributed by atoms with van der Waals surface area (Å²) < 4.78 is 5.04. The van der Waals surface area contributed by atoms with Gasteiger partial charge in [-0.05, 0) is 24.6 Å². The van der Waals surface area contributed by atoms with E-state index < -0.39 is 17.4 Å². The highest BCUT2D eigenvalue weighted by Gasteiger charge is 2.49. The Kier molecular flexibility index (Phi) is 3.80. The van der Waals surface area contributed by atoms with Crippen molar-refractivity contribution in [2.75, 3.05) is 6.61 Å². The van der Waals surface area contributed by atoms with Gasteiger partial charge in [-0.25, -0.2) is 4.79 Å². The molecule has 1 aliphatic rings. The van der Waals surface area contributed by atoms with E-state index >= 15 is 0 Å². The summed E-state index contributed by atoms with van der Waals surface area (Å²) in [5, 5.41) is 3.32. The van der Waals surface area contributed by atoms with Gasteiger partial charge >= 0.3 is 5.97 Å². The van der Waals surface area contributed by atoms with Crippen molar-refractivity contribution in [2.45, 2.75) is 31.7 Å². The average molecular weight is 282 g/mol. The molecule has 2 unspecified atom stereocenters. The highest BCUT2D eigenvalue weighted by molar-refractivity contribution is 6.30. The molecule has 4 nitrogen and oxygen atoms in total. The fraction of sp³-hybridized carbons (Fsp3) is 0.429. The van der Waals surface area contributed by atoms with Gasteiger partial charge in [0.15, 0.2) is 0 Å². The molecule has 1 saturated heterocycles. The molecule has 19 heavy (non-hydrogen) atoms. The van der Waals surface area contributed by atoms with Crippen LogP contribution in [-0.4, -0.2) is 24.5 Å². The fourth-order valence-electron chi connectivity index (χ4n) is 2.45. The topological polar surface area (TPSA) is 55.4 Å². The van der Waals surface area contributed by atoms with Crippen molar-refractivity contribution in [1.82, 2.24) is 5.32 Å². The quantitative estimate of drug-likeness (QED) is 0.863. The molecule has 102 valence electrons. The lowest BCUT2D eigenvalue weighted by Gasteiger charge is -2.29. The van der Waals surface area contributed by atoms with Gasteiger partial charge in [0.25, 0.3) is 0 Å². The summed E-state index contributed by atoms with van der Waals surface area (Å²) in [7, 11) is 0. The molecule has 0 aromatic heterocycles. The molecule has 1 fully saturated rings. The molecule has 0 spiro atoms. The number of carbonyl (C=O) groups excluding carboxylic acids is 2. The maximum Gasteiger partial charge on any atom is 0.329 e. The summed E-state index contributed by atoms with van der Waals surface area (Å²) in [6.07, 6.45) is 0.262. The number of halogens is 1. The first-order valence-electron chi connectivity index (χ1n) is 6.19. The van der Waals surface area contributed by atoms with Gasteiger partial charge in [0.1, 0.15) is 6.04 Å². The van der Waals surface area contributed by atoms with E-state index in [0.717, 1.165) is 5.56 Å². The van der Waals surface area contributed by atoms with Crippen LogP contribution in [0.2, 0.25) is 5.02 Å². The van der Waals surface area contributed by atoms with Crippen molar-refractivity contribution in [1.29, 1.82) is 0 Å². The van der Waals surface area contributed by atoms with E-state index in [1.165, 1.54) is 0 Å². The van der Waals surface area contributed by atoms with Gasteiger partial charge in [0.2, 0.25) is 5.91 Å². The molecule has 2 atom stereocenters. The van der Waals surface area contributed by atoms with Crippen LogP contribution >= 0.6 is 11.6 Å². The Morgan fingerprint density at radius 1 is 1.47 bits per heavy atom. The monoisotopic (exact) mass is 281 g/mol. The zero-order chi connectivity index (χ0) is 14.0. The number of benzene rings is 1. The number of amides is 1. The molecule has 1 aromatic rings. The number of nitrogens with one attached hydrogen (secondary N) is 1. The zero-order valence-electron chi connectivity index (χ0n) is 10.9. The van der Waals surface area contributed by atoms with Gasteiger partial charge in [-0.1, -0.05) is 30.7 Å². The maximum absolute atomic E-state index is 12.0. The van der Waals surface area contributed by atoms with Crippen LogP contribution in [0.3, 0.4) is 0 Å². The Balaban J connectivity index is 2.35. The zero-order valence-corrected chi connectivity index (χ0v) is 11.7. The SMILES string of the molecule is CCOC(=O)C1NC(=O)CC1(C)c1ccc(Cl)cc1. The lowest BCUT2D eigenvalue weighted by atomic mass is 9.76. The third-order valence-corrected chi connectivity index (χ3v) is 3.75. The van der Waals surface area contributed by atoms with Crippen LogP contribution in [0.25, 0.3) is 0 Å². The first kappa shape index (κ1) is 13.9. The van der Waals surface area contributed by atoms with E-state index in [9.17, 15) is 9.59 Å². The lowest BCUT2D eigenvalue weighted by Crippen LogP contribution is -2.45. The van der Waals surface area contributed by atoms with Gasteiger partial charge in [-0.2, -0.15) is 0 Å². The third kappa shape index (κ3) is 2.59. The normalized spacial score (nSPS) is 26.1. The first-order chi connectivity index (χ1) is 8.97. The molecule has 5 heteroatoms. The van der Waals surface area contributed by atoms with E-state index in [2.05, 4.69) is 5.32 Å². The van der Waals surface area contributed by atoms with Crippen molar-refractivity contribution in [3.8, 4) is 0 Å². The minimum atomic E-state index is -0.652. The molecular weight excluding hydrogens is 266 g/mol. The summed E-state index contributed by atoms with van der Waals surface area (Å²) in [6, 6.07) is 6.55. The highest BCUT2D eigenvalue weighted by Crippen LogP contribution is 2.36. The number of carbonyl (C=O) groups is 2. The van der Waals surface area contributed by atoms with Crippen LogP contribution in [0.5, 0.6) is 0 Å². The van der Waals surface area contributed by atoms with Crippen molar-refractivity contribution in [2.24, 2.45) is 0 Å². The first-order valence-corrected chi connectivity index (χ1v) is 6.57. The van der Waals surface area contributed by atoms with E-state index in [4.69, 9.17) is 16.3 Å². The summed E-state index contributed by atoms with van der Waals surface area (Å²) in [5.41, 5.74) is 0.293. The molecule has 0 bridgehead atoms. The third-order valence-electron chi connectivity index (χ3n) is 3.50. The summed E-state index contributed by atoms with van der Waals surface area (Å²) in [4.78, 5) is 23.7. The van der Waals surface area contributed by atoms with Crippen LogP contribution in [0, 0.1) is 0 Å². The summed E-state index contributed by atoms with van der Waals surface area (Å²) in [6.45, 7) is 3.92. The molecule has 2 rings (SSSR count). The molecule has 0 saturated carbocycles. The Hall–Kier alpha value is -1.55. The average Bonchev–Trinajstić information content (AvgIpc) is 2.67. The van der Waals surface area contributed by atoms with Crippen molar-refractivity contribution < 1.29 is 14.3 Å². The van der Waals surface area contributed by atoms with Gasteiger partial charge in [0.05, 0.1) is 6.61 Å². The smallest absolute Gasteiger partial charge is 0.329 e. The van der Waals surface area contributed by atoms with Crippen molar-refractivity contribution in [3.63, 3.8) is 0 Å². The molecule has 1 aromatic carbocycles. The number of rotatable bonds is 3. The second-order valence-corrected chi connectivity index (χ2v) is 5.29. The molecule has 0 aliphatic carbocycles. The Bertz CT molecular complexity index is 500. The highest BCUT2D eigenvalue weighted by atomic mass is 35.5. The molecule has 1 aliphatic heterocycles. The number of ether oxygens (including phenoxy) is 1. The molecule has 0 radical (unpaired) electrons. The Morgan fingerprint density at radius 3 is 2.68 bits per heavy atom. The van der Waals surface area contributed by atoms with E-state index in [1.807, 2.05) is 19.1 Å². The summed E-state index contributed by atoms with van der Waals surface area (Å²) in [5.74, 6) is -0.540. The Labute approximate surface area is 117 Å². The second kappa shape index (κ2) is 5.21. The van der Waals surface area contributed by atoms with E-state index in [0.29, 0.717) is 11.6 Å². The largest absolute Gasteiger partial charge is 0.464 e. The van der Waals surface area contributed by atoms with Crippen molar-refractivity contribution >= 4 is 23.5 Å². The van der Waals surface area contributed by atoms with Gasteiger partial charge in [-0.3, -0.25) is 4.79 Å². The van der Waals surface area contributed by atoms with Crippen LogP contribution in [0.1, 0.15) is 25.8 Å². The Morgan fingerprint density at radius 2 is 2.11 bits per heavy atom. The van der Waals surface area contributed by atoms with E-state index in [-0.39, 0.29) is 12.3 Å². The number of esters is 1. The van der Waals surface area contributed by atoms with Crippen LogP contribution in [-0.2, 0) is 19.7 Å². The van der Waals surface area contributed by atoms with Crippen LogP contribution in [0.15, 0.2) is 24.3 Å². The molecular formula is C14H16ClNO3. The molecule has 1 amide bonds. The minimum absolute atomic E-state index is 0.143. The second-order valence-electron chi connectivity index (χ2n) is 4.85. The van der Waals surface area contributed by atoms with Crippen LogP contribution < -0.4 is 5.32 Å². The predicted octanol–water partition coefficient (Wildman–Crippen LogP) is 2.05. The maximum atomic E-state index is 12.0. The van der Waals surface area contributed by atoms with Gasteiger partial charge < -0.3 is 10.1 Å². The van der Waals surface area contributed by atoms with Gasteiger partial charge in [-0.15, -0.1) is 0 Å². The summed E-state index contributed by atoms with van der Waals surface area (Å²) >= 11 is 5.87. The van der Waals surface area contributed by atoms with Gasteiger partial charge in [0, 0.05) is 16.9 Å². The van der Waals surface area contributed by atoms with E-state index in [1.54, 1.807) is 19.1 Å². The number of hydrogen-bond donors (Lipinski definition) is 1. The molecule has 1 N–H and O–H groups in total. The minimum Gasteiger partial charge on any atom is -0.464 e. The molecule has 1 heterocycles. The van der Waals surface area contributed by atoms with Crippen LogP contribution in [0.4, 0.5) is 0 Å². The van der Waals surface area contributed by atoms with Crippen molar-refractivity contribution in [3.05, 3.63) is 34.9 Å². The predicted molar refractivity (Wildman–Crippen MR) is 72.0 cm³/mol. The fourth-order valence-corrected chi connectivity index (χ4v) is 2.58.